The molecule has 1 atom stereocenters. The minimum absolute atomic E-state index is 0.226. The van der Waals surface area contributed by atoms with Gasteiger partial charge in [-0.05, 0) is 40.5 Å². The molecule has 0 aliphatic carbocycles. The lowest BCUT2D eigenvalue weighted by atomic mass is 10.2. The molecule has 1 aromatic heterocycles. The second-order valence-electron chi connectivity index (χ2n) is 4.80. The first kappa shape index (κ1) is 13.8. The maximum Gasteiger partial charge on any atom is 0.148 e. The van der Waals surface area contributed by atoms with E-state index in [4.69, 9.17) is 10.8 Å². The summed E-state index contributed by atoms with van der Waals surface area (Å²) >= 11 is 0. The highest BCUT2D eigenvalue weighted by atomic mass is 16.2. The first-order valence-electron chi connectivity index (χ1n) is 6.19. The van der Waals surface area contributed by atoms with Gasteiger partial charge in [0.2, 0.25) is 0 Å². The van der Waals surface area contributed by atoms with Crippen molar-refractivity contribution in [3.8, 4) is 0 Å². The van der Waals surface area contributed by atoms with E-state index in [1.807, 2.05) is 11.6 Å². The van der Waals surface area contributed by atoms with Crippen LogP contribution in [0.1, 0.15) is 45.3 Å². The summed E-state index contributed by atoms with van der Waals surface area (Å²) in [6.45, 7) is 8.38. The van der Waals surface area contributed by atoms with Crippen LogP contribution in [0.4, 0.5) is 11.5 Å². The summed E-state index contributed by atoms with van der Waals surface area (Å²) in [4.78, 5) is 0. The Morgan fingerprint density at radius 2 is 2.06 bits per heavy atom. The fraction of sp³-hybridized carbons (Fsp3) is 0.750. The lowest BCUT2D eigenvalue weighted by Crippen LogP contribution is -2.20. The van der Waals surface area contributed by atoms with Crippen LogP contribution >= 0.6 is 0 Å². The molecule has 98 valence electrons. The minimum atomic E-state index is 0.226. The van der Waals surface area contributed by atoms with E-state index in [1.54, 1.807) is 0 Å². The van der Waals surface area contributed by atoms with Crippen LogP contribution in [0, 0.1) is 6.92 Å². The number of anilines is 2. The second kappa shape index (κ2) is 5.91. The van der Waals surface area contributed by atoms with Gasteiger partial charge in [0.05, 0.1) is 11.4 Å². The summed E-state index contributed by atoms with van der Waals surface area (Å²) in [7, 11) is 0. The lowest BCUT2D eigenvalue weighted by molar-refractivity contribution is 0.282. The third-order valence-corrected chi connectivity index (χ3v) is 2.80. The van der Waals surface area contributed by atoms with Crippen LogP contribution in [-0.2, 0) is 0 Å². The van der Waals surface area contributed by atoms with Gasteiger partial charge in [0, 0.05) is 18.7 Å². The Labute approximate surface area is 103 Å². The molecule has 1 rings (SSSR count). The van der Waals surface area contributed by atoms with Crippen LogP contribution in [0.25, 0.3) is 0 Å². The maximum absolute atomic E-state index is 8.81. The zero-order valence-electron chi connectivity index (χ0n) is 11.2. The summed E-state index contributed by atoms with van der Waals surface area (Å²) in [5, 5.41) is 16.6. The highest BCUT2D eigenvalue weighted by Gasteiger charge is 2.16. The number of aryl methyl sites for hydroxylation is 1. The number of nitrogens with zero attached hydrogens (tertiary/aromatic N) is 2. The lowest BCUT2D eigenvalue weighted by Gasteiger charge is -2.18. The van der Waals surface area contributed by atoms with Gasteiger partial charge in [0.15, 0.2) is 0 Å². The number of aliphatic hydroxyl groups is 1. The third kappa shape index (κ3) is 3.36. The predicted octanol–water partition coefficient (Wildman–Crippen LogP) is 1.93. The van der Waals surface area contributed by atoms with Gasteiger partial charge in [0.25, 0.3) is 0 Å². The Bertz CT molecular complexity index is 360. The van der Waals surface area contributed by atoms with Gasteiger partial charge in [-0.1, -0.05) is 0 Å². The molecule has 0 spiro atoms. The van der Waals surface area contributed by atoms with Crippen LogP contribution in [-0.4, -0.2) is 27.5 Å². The predicted molar refractivity (Wildman–Crippen MR) is 71.2 cm³/mol. The average Bonchev–Trinajstić information content (AvgIpc) is 2.54. The highest BCUT2D eigenvalue weighted by Crippen LogP contribution is 2.26. The number of hydrogen-bond donors (Lipinski definition) is 3. The molecule has 0 amide bonds. The quantitative estimate of drug-likeness (QED) is 0.710. The molecular weight excluding hydrogens is 216 g/mol. The van der Waals surface area contributed by atoms with Crippen molar-refractivity contribution < 1.29 is 5.11 Å². The third-order valence-electron chi connectivity index (χ3n) is 2.80. The largest absolute Gasteiger partial charge is 0.396 e. The number of rotatable bonds is 6. The molecular formula is C12H24N4O. The smallest absolute Gasteiger partial charge is 0.148 e. The number of aliphatic hydroxyl groups excluding tert-OH is 1. The monoisotopic (exact) mass is 240 g/mol. The summed E-state index contributed by atoms with van der Waals surface area (Å²) in [5.41, 5.74) is 7.60. The van der Waals surface area contributed by atoms with E-state index < -0.39 is 0 Å². The molecule has 0 aliphatic rings. The Hall–Kier alpha value is -1.23. The molecule has 0 saturated heterocycles. The second-order valence-corrected chi connectivity index (χ2v) is 4.80. The Balaban J connectivity index is 2.81. The molecule has 17 heavy (non-hydrogen) atoms. The molecule has 0 bridgehead atoms. The van der Waals surface area contributed by atoms with Crippen LogP contribution in [0.3, 0.4) is 0 Å². The standard InChI is InChI=1S/C12H24N4O/c1-8(2)16-12(11(13)10(4)15-16)14-9(3)6-5-7-17/h8-9,14,17H,5-7,13H2,1-4H3. The van der Waals surface area contributed by atoms with E-state index >= 15 is 0 Å². The van der Waals surface area contributed by atoms with E-state index in [0.29, 0.717) is 0 Å². The molecule has 1 heterocycles. The first-order chi connectivity index (χ1) is 7.97. The van der Waals surface area contributed by atoms with Crippen molar-refractivity contribution in [1.29, 1.82) is 0 Å². The fourth-order valence-corrected chi connectivity index (χ4v) is 1.78. The number of nitrogen functional groups attached to an aromatic ring is 1. The van der Waals surface area contributed by atoms with E-state index in [1.165, 1.54) is 0 Å². The molecule has 0 saturated carbocycles. The maximum atomic E-state index is 8.81. The Morgan fingerprint density at radius 3 is 2.59 bits per heavy atom. The fourth-order valence-electron chi connectivity index (χ4n) is 1.78. The van der Waals surface area contributed by atoms with Crippen LogP contribution in [0.15, 0.2) is 0 Å². The van der Waals surface area contributed by atoms with Crippen molar-refractivity contribution in [2.24, 2.45) is 0 Å². The molecule has 0 radical (unpaired) electrons. The Kier molecular flexibility index (Phi) is 4.81. The van der Waals surface area contributed by atoms with Crippen molar-refractivity contribution >= 4 is 11.5 Å². The molecule has 1 unspecified atom stereocenters. The number of nitrogens with two attached hydrogens (primary N) is 1. The molecule has 0 fully saturated rings. The van der Waals surface area contributed by atoms with Crippen LogP contribution in [0.2, 0.25) is 0 Å². The summed E-state index contributed by atoms with van der Waals surface area (Å²) in [6, 6.07) is 0.552. The van der Waals surface area contributed by atoms with E-state index in [-0.39, 0.29) is 18.7 Å². The van der Waals surface area contributed by atoms with Gasteiger partial charge < -0.3 is 16.2 Å². The van der Waals surface area contributed by atoms with Crippen molar-refractivity contribution in [2.45, 2.75) is 52.6 Å². The van der Waals surface area contributed by atoms with Crippen LogP contribution in [0.5, 0.6) is 0 Å². The van der Waals surface area contributed by atoms with Crippen molar-refractivity contribution in [1.82, 2.24) is 9.78 Å². The van der Waals surface area contributed by atoms with E-state index in [2.05, 4.69) is 31.2 Å². The van der Waals surface area contributed by atoms with Gasteiger partial charge in [0.1, 0.15) is 5.82 Å². The Morgan fingerprint density at radius 1 is 1.41 bits per heavy atom. The van der Waals surface area contributed by atoms with E-state index in [9.17, 15) is 0 Å². The number of hydrogen-bond acceptors (Lipinski definition) is 4. The first-order valence-corrected chi connectivity index (χ1v) is 6.19. The van der Waals surface area contributed by atoms with Crippen molar-refractivity contribution in [2.75, 3.05) is 17.7 Å². The highest BCUT2D eigenvalue weighted by molar-refractivity contribution is 5.65. The summed E-state index contributed by atoms with van der Waals surface area (Å²) in [6.07, 6.45) is 1.71. The van der Waals surface area contributed by atoms with Gasteiger partial charge in [-0.3, -0.25) is 0 Å². The van der Waals surface area contributed by atoms with E-state index in [0.717, 1.165) is 30.0 Å². The summed E-state index contributed by atoms with van der Waals surface area (Å²) < 4.78 is 1.92. The topological polar surface area (TPSA) is 76.1 Å². The van der Waals surface area contributed by atoms with Gasteiger partial charge in [-0.25, -0.2) is 4.68 Å². The number of nitrogens with one attached hydrogen (secondary N) is 1. The van der Waals surface area contributed by atoms with Crippen molar-refractivity contribution in [3.63, 3.8) is 0 Å². The molecule has 5 heteroatoms. The minimum Gasteiger partial charge on any atom is -0.396 e. The van der Waals surface area contributed by atoms with Gasteiger partial charge in [-0.15, -0.1) is 0 Å². The van der Waals surface area contributed by atoms with Gasteiger partial charge >= 0.3 is 0 Å². The zero-order chi connectivity index (χ0) is 13.0. The van der Waals surface area contributed by atoms with Gasteiger partial charge in [-0.2, -0.15) is 5.10 Å². The molecule has 0 aromatic carbocycles. The average molecular weight is 240 g/mol. The van der Waals surface area contributed by atoms with Crippen LogP contribution < -0.4 is 11.1 Å². The molecule has 5 nitrogen and oxygen atoms in total. The summed E-state index contributed by atoms with van der Waals surface area (Å²) in [5.74, 6) is 0.892. The number of aromatic nitrogens is 2. The van der Waals surface area contributed by atoms with Crippen molar-refractivity contribution in [3.05, 3.63) is 5.69 Å². The normalized spacial score (nSPS) is 13.1. The zero-order valence-corrected chi connectivity index (χ0v) is 11.2. The molecule has 1 aromatic rings. The SMILES string of the molecule is Cc1nn(C(C)C)c(NC(C)CCCO)c1N. The molecule has 0 aliphatic heterocycles. The molecule has 4 N–H and O–H groups in total.